The molecule has 0 bridgehead atoms. The first-order chi connectivity index (χ1) is 12.5. The van der Waals surface area contributed by atoms with E-state index in [4.69, 9.17) is 18.9 Å². The molecule has 0 aliphatic rings. The molecule has 0 heterocycles. The third-order valence-corrected chi connectivity index (χ3v) is 4.43. The highest BCUT2D eigenvalue weighted by Crippen LogP contribution is 2.29. The molecule has 0 saturated carbocycles. The standard InChI is InChI=1S/C20H22O6.3H2O/c1-23-19(13-21,24-2)17-9-5-15(6-10-17)16-7-11-18(12-8-16)20(14-22,25-3)26-4;;;/h5-14H,1-4H3;3*1H2. The van der Waals surface area contributed by atoms with Crippen LogP contribution in [0.4, 0.5) is 0 Å². The zero-order chi connectivity index (χ0) is 19.2. The molecule has 0 aliphatic heterocycles. The Balaban J connectivity index is 0. The van der Waals surface area contributed by atoms with Gasteiger partial charge in [0.25, 0.3) is 11.6 Å². The summed E-state index contributed by atoms with van der Waals surface area (Å²) in [5, 5.41) is 0. The van der Waals surface area contributed by atoms with Crippen LogP contribution in [0.15, 0.2) is 48.5 Å². The van der Waals surface area contributed by atoms with E-state index >= 15 is 0 Å². The monoisotopic (exact) mass is 412 g/mol. The van der Waals surface area contributed by atoms with E-state index in [0.717, 1.165) is 11.1 Å². The molecule has 162 valence electrons. The van der Waals surface area contributed by atoms with Crippen molar-refractivity contribution < 1.29 is 45.0 Å². The van der Waals surface area contributed by atoms with Crippen LogP contribution in [0.25, 0.3) is 11.1 Å². The van der Waals surface area contributed by atoms with Gasteiger partial charge in [-0.15, -0.1) is 0 Å². The van der Waals surface area contributed by atoms with Crippen LogP contribution in [0.1, 0.15) is 11.1 Å². The Kier molecular flexibility index (Phi) is 12.0. The lowest BCUT2D eigenvalue weighted by atomic mass is 9.98. The van der Waals surface area contributed by atoms with Crippen molar-refractivity contribution in [2.75, 3.05) is 28.4 Å². The van der Waals surface area contributed by atoms with Gasteiger partial charge in [-0.2, -0.15) is 0 Å². The normalized spacial score (nSPS) is 10.8. The van der Waals surface area contributed by atoms with E-state index in [1.54, 1.807) is 24.3 Å². The molecule has 29 heavy (non-hydrogen) atoms. The Hall–Kier alpha value is -2.50. The highest BCUT2D eigenvalue weighted by atomic mass is 16.7. The predicted octanol–water partition coefficient (Wildman–Crippen LogP) is 0.168. The summed E-state index contributed by atoms with van der Waals surface area (Å²) in [5.41, 5.74) is 3.05. The average molecular weight is 412 g/mol. The summed E-state index contributed by atoms with van der Waals surface area (Å²) in [5.74, 6) is -2.83. The first-order valence-corrected chi connectivity index (χ1v) is 7.89. The fourth-order valence-electron chi connectivity index (χ4n) is 2.76. The third kappa shape index (κ3) is 5.31. The maximum atomic E-state index is 11.4. The molecule has 0 aliphatic carbocycles. The van der Waals surface area contributed by atoms with Crippen molar-refractivity contribution in [3.63, 3.8) is 0 Å². The number of methoxy groups -OCH3 is 4. The van der Waals surface area contributed by atoms with Gasteiger partial charge in [-0.1, -0.05) is 48.5 Å². The minimum atomic E-state index is -1.41. The second-order valence-corrected chi connectivity index (χ2v) is 5.54. The van der Waals surface area contributed by atoms with Gasteiger partial charge in [0, 0.05) is 39.6 Å². The first kappa shape index (κ1) is 28.7. The first-order valence-electron chi connectivity index (χ1n) is 7.89. The quantitative estimate of drug-likeness (QED) is 0.420. The topological polar surface area (TPSA) is 166 Å². The molecule has 2 aromatic carbocycles. The van der Waals surface area contributed by atoms with E-state index in [0.29, 0.717) is 23.7 Å². The van der Waals surface area contributed by atoms with Crippen molar-refractivity contribution in [2.24, 2.45) is 0 Å². The zero-order valence-electron chi connectivity index (χ0n) is 16.7. The number of aldehydes is 2. The van der Waals surface area contributed by atoms with E-state index in [2.05, 4.69) is 0 Å². The van der Waals surface area contributed by atoms with Crippen LogP contribution >= 0.6 is 0 Å². The van der Waals surface area contributed by atoms with Gasteiger partial charge >= 0.3 is 0 Å². The molecule has 0 unspecified atom stereocenters. The van der Waals surface area contributed by atoms with Gasteiger partial charge < -0.3 is 35.4 Å². The summed E-state index contributed by atoms with van der Waals surface area (Å²) in [6.45, 7) is 0. The van der Waals surface area contributed by atoms with Crippen molar-refractivity contribution in [1.82, 2.24) is 0 Å². The van der Waals surface area contributed by atoms with E-state index < -0.39 is 11.6 Å². The second kappa shape index (κ2) is 12.1. The van der Waals surface area contributed by atoms with E-state index in [-0.39, 0.29) is 16.4 Å². The number of hydrogen-bond donors (Lipinski definition) is 0. The molecule has 9 heteroatoms. The highest BCUT2D eigenvalue weighted by Gasteiger charge is 2.32. The van der Waals surface area contributed by atoms with Crippen molar-refractivity contribution in [3.8, 4) is 11.1 Å². The average Bonchev–Trinajstić information content (AvgIpc) is 2.72. The van der Waals surface area contributed by atoms with Gasteiger partial charge in [0.1, 0.15) is 0 Å². The van der Waals surface area contributed by atoms with Crippen LogP contribution in [0.2, 0.25) is 0 Å². The second-order valence-electron chi connectivity index (χ2n) is 5.54. The van der Waals surface area contributed by atoms with Crippen molar-refractivity contribution in [3.05, 3.63) is 59.7 Å². The molecular formula is C20H28O9. The summed E-state index contributed by atoms with van der Waals surface area (Å²) in [6.07, 6.45) is 1.23. The van der Waals surface area contributed by atoms with Gasteiger partial charge in [-0.25, -0.2) is 0 Å². The number of carbonyl (C=O) groups excluding carboxylic acids is 2. The van der Waals surface area contributed by atoms with Gasteiger partial charge in [0.05, 0.1) is 0 Å². The summed E-state index contributed by atoms with van der Waals surface area (Å²) >= 11 is 0. The SMILES string of the molecule is COC(C=O)(OC)c1ccc(-c2ccc(C(C=O)(OC)OC)cc2)cc1.O.O.O. The highest BCUT2D eigenvalue weighted by molar-refractivity contribution is 5.69. The molecule has 9 nitrogen and oxygen atoms in total. The van der Waals surface area contributed by atoms with Gasteiger partial charge in [-0.3, -0.25) is 9.59 Å². The van der Waals surface area contributed by atoms with Crippen LogP contribution in [-0.4, -0.2) is 57.4 Å². The van der Waals surface area contributed by atoms with Crippen LogP contribution in [0.5, 0.6) is 0 Å². The molecule has 0 radical (unpaired) electrons. The zero-order valence-corrected chi connectivity index (χ0v) is 16.7. The van der Waals surface area contributed by atoms with Crippen LogP contribution in [0, 0.1) is 0 Å². The Morgan fingerprint density at radius 2 is 0.793 bits per heavy atom. The number of rotatable bonds is 9. The lowest BCUT2D eigenvalue weighted by Crippen LogP contribution is -2.32. The minimum Gasteiger partial charge on any atom is -0.412 e. The van der Waals surface area contributed by atoms with E-state index in [1.807, 2.05) is 24.3 Å². The molecule has 0 amide bonds. The van der Waals surface area contributed by atoms with Crippen molar-refractivity contribution >= 4 is 12.6 Å². The van der Waals surface area contributed by atoms with Gasteiger partial charge in [0.15, 0.2) is 12.6 Å². The molecule has 0 aromatic heterocycles. The lowest BCUT2D eigenvalue weighted by Gasteiger charge is -2.25. The third-order valence-electron chi connectivity index (χ3n) is 4.43. The summed E-state index contributed by atoms with van der Waals surface area (Å²) in [6, 6.07) is 14.5. The molecule has 0 spiro atoms. The smallest absolute Gasteiger partial charge is 0.252 e. The molecule has 0 saturated heterocycles. The molecule has 0 fully saturated rings. The summed E-state index contributed by atoms with van der Waals surface area (Å²) in [7, 11) is 5.65. The van der Waals surface area contributed by atoms with Crippen LogP contribution in [0.3, 0.4) is 0 Å². The van der Waals surface area contributed by atoms with E-state index in [9.17, 15) is 9.59 Å². The predicted molar refractivity (Wildman–Crippen MR) is 106 cm³/mol. The number of hydrogen-bond acceptors (Lipinski definition) is 6. The number of benzene rings is 2. The van der Waals surface area contributed by atoms with Crippen molar-refractivity contribution in [2.45, 2.75) is 11.6 Å². The Labute approximate surface area is 169 Å². The molecule has 6 N–H and O–H groups in total. The van der Waals surface area contributed by atoms with Gasteiger partial charge in [-0.05, 0) is 11.1 Å². The molecular weight excluding hydrogens is 384 g/mol. The minimum absolute atomic E-state index is 0. The summed E-state index contributed by atoms with van der Waals surface area (Å²) in [4.78, 5) is 22.7. The summed E-state index contributed by atoms with van der Waals surface area (Å²) < 4.78 is 20.8. The van der Waals surface area contributed by atoms with Crippen LogP contribution in [-0.2, 0) is 40.1 Å². The fraction of sp³-hybridized carbons (Fsp3) is 0.300. The van der Waals surface area contributed by atoms with Crippen LogP contribution < -0.4 is 0 Å². The number of carbonyl (C=O) groups is 2. The molecule has 2 aromatic rings. The Morgan fingerprint density at radius 1 is 0.552 bits per heavy atom. The van der Waals surface area contributed by atoms with Gasteiger partial charge in [0.2, 0.25) is 0 Å². The van der Waals surface area contributed by atoms with Crippen molar-refractivity contribution in [1.29, 1.82) is 0 Å². The van der Waals surface area contributed by atoms with E-state index in [1.165, 1.54) is 28.4 Å². The Morgan fingerprint density at radius 3 is 0.966 bits per heavy atom. The maximum Gasteiger partial charge on any atom is 0.252 e. The molecule has 2 rings (SSSR count). The fourth-order valence-corrected chi connectivity index (χ4v) is 2.76. The Bertz CT molecular complexity index is 668. The number of ether oxygens (including phenoxy) is 4. The lowest BCUT2D eigenvalue weighted by molar-refractivity contribution is -0.201. The maximum absolute atomic E-state index is 11.4. The molecule has 0 atom stereocenters. The largest absolute Gasteiger partial charge is 0.412 e.